The van der Waals surface area contributed by atoms with Gasteiger partial charge in [0.2, 0.25) is 0 Å². The summed E-state index contributed by atoms with van der Waals surface area (Å²) < 4.78 is 5.93. The van der Waals surface area contributed by atoms with Crippen LogP contribution in [0.1, 0.15) is 17.4 Å². The Kier molecular flexibility index (Phi) is 4.15. The number of aliphatic hydroxyl groups is 1. The van der Waals surface area contributed by atoms with E-state index in [0.29, 0.717) is 22.2 Å². The van der Waals surface area contributed by atoms with Gasteiger partial charge in [-0.15, -0.1) is 0 Å². The molecule has 0 aliphatic rings. The van der Waals surface area contributed by atoms with Gasteiger partial charge in [-0.25, -0.2) is 0 Å². The Morgan fingerprint density at radius 1 is 1.29 bits per heavy atom. The standard InChI is InChI=1S/C12H9BrCl2O2/c13-8-4-5-17-12(8)10(16)6-7-2-1-3-9(14)11(7)15/h1-5,10,16H,6H2. The highest BCUT2D eigenvalue weighted by molar-refractivity contribution is 9.10. The second kappa shape index (κ2) is 5.44. The molecule has 0 saturated carbocycles. The lowest BCUT2D eigenvalue weighted by atomic mass is 10.1. The molecule has 0 amide bonds. The fourth-order valence-corrected chi connectivity index (χ4v) is 2.41. The monoisotopic (exact) mass is 334 g/mol. The molecular weight excluding hydrogens is 327 g/mol. The Morgan fingerprint density at radius 3 is 2.71 bits per heavy atom. The summed E-state index contributed by atoms with van der Waals surface area (Å²) in [6, 6.07) is 7.07. The van der Waals surface area contributed by atoms with Gasteiger partial charge in [0, 0.05) is 6.42 Å². The number of aliphatic hydroxyl groups excluding tert-OH is 1. The summed E-state index contributed by atoms with van der Waals surface area (Å²) in [4.78, 5) is 0. The van der Waals surface area contributed by atoms with Gasteiger partial charge in [0.15, 0.2) is 0 Å². The van der Waals surface area contributed by atoms with E-state index in [4.69, 9.17) is 27.6 Å². The van der Waals surface area contributed by atoms with Crippen molar-refractivity contribution in [1.82, 2.24) is 0 Å². The molecule has 0 aliphatic heterocycles. The molecule has 1 unspecified atom stereocenters. The van der Waals surface area contributed by atoms with Crippen molar-refractivity contribution in [2.75, 3.05) is 0 Å². The Hall–Kier alpha value is -0.480. The fraction of sp³-hybridized carbons (Fsp3) is 0.167. The zero-order chi connectivity index (χ0) is 12.4. The third kappa shape index (κ3) is 2.86. The predicted octanol–water partition coefficient (Wildman–Crippen LogP) is 4.63. The van der Waals surface area contributed by atoms with Crippen LogP contribution < -0.4 is 0 Å². The molecule has 0 radical (unpaired) electrons. The van der Waals surface area contributed by atoms with Crippen molar-refractivity contribution in [3.8, 4) is 0 Å². The van der Waals surface area contributed by atoms with Gasteiger partial charge in [-0.05, 0) is 33.6 Å². The minimum atomic E-state index is -0.754. The van der Waals surface area contributed by atoms with Gasteiger partial charge < -0.3 is 9.52 Å². The first-order valence-electron chi connectivity index (χ1n) is 4.93. The summed E-state index contributed by atoms with van der Waals surface area (Å²) in [5, 5.41) is 11.0. The number of rotatable bonds is 3. The Morgan fingerprint density at radius 2 is 2.06 bits per heavy atom. The smallest absolute Gasteiger partial charge is 0.146 e. The lowest BCUT2D eigenvalue weighted by Gasteiger charge is -2.10. The van der Waals surface area contributed by atoms with Crippen molar-refractivity contribution in [2.45, 2.75) is 12.5 Å². The molecule has 17 heavy (non-hydrogen) atoms. The molecule has 5 heteroatoms. The summed E-state index contributed by atoms with van der Waals surface area (Å²) in [5.74, 6) is 0.487. The molecule has 1 heterocycles. The van der Waals surface area contributed by atoms with E-state index in [2.05, 4.69) is 15.9 Å². The number of benzene rings is 1. The molecule has 2 aromatic rings. The largest absolute Gasteiger partial charge is 0.465 e. The summed E-state index contributed by atoms with van der Waals surface area (Å²) in [5.41, 5.74) is 0.787. The lowest BCUT2D eigenvalue weighted by Crippen LogP contribution is -2.01. The first-order chi connectivity index (χ1) is 8.09. The Bertz CT molecular complexity index is 525. The third-order valence-corrected chi connectivity index (χ3v) is 3.91. The summed E-state index contributed by atoms with van der Waals surface area (Å²) in [7, 11) is 0. The van der Waals surface area contributed by atoms with Crippen molar-refractivity contribution in [2.24, 2.45) is 0 Å². The molecular formula is C12H9BrCl2O2. The molecule has 0 spiro atoms. The van der Waals surface area contributed by atoms with E-state index in [0.717, 1.165) is 10.0 Å². The maximum Gasteiger partial charge on any atom is 0.146 e. The molecule has 1 aromatic heterocycles. The molecule has 0 bridgehead atoms. The lowest BCUT2D eigenvalue weighted by molar-refractivity contribution is 0.149. The number of furan rings is 1. The number of hydrogen-bond donors (Lipinski definition) is 1. The molecule has 0 aliphatic carbocycles. The van der Waals surface area contributed by atoms with E-state index in [1.807, 2.05) is 6.07 Å². The molecule has 2 nitrogen and oxygen atoms in total. The normalized spacial score (nSPS) is 12.7. The quantitative estimate of drug-likeness (QED) is 0.887. The van der Waals surface area contributed by atoms with E-state index in [1.165, 1.54) is 6.26 Å². The minimum Gasteiger partial charge on any atom is -0.465 e. The van der Waals surface area contributed by atoms with Crippen LogP contribution in [0, 0.1) is 0 Å². The average Bonchev–Trinajstić information content (AvgIpc) is 2.71. The van der Waals surface area contributed by atoms with Gasteiger partial charge in [-0.2, -0.15) is 0 Å². The van der Waals surface area contributed by atoms with Crippen molar-refractivity contribution in [3.63, 3.8) is 0 Å². The Labute approximate surface area is 117 Å². The summed E-state index contributed by atoms with van der Waals surface area (Å²) in [6.45, 7) is 0. The van der Waals surface area contributed by atoms with Gasteiger partial charge in [0.25, 0.3) is 0 Å². The van der Waals surface area contributed by atoms with E-state index in [1.54, 1.807) is 18.2 Å². The van der Waals surface area contributed by atoms with Crippen molar-refractivity contribution in [1.29, 1.82) is 0 Å². The average molecular weight is 336 g/mol. The van der Waals surface area contributed by atoms with Crippen LogP contribution in [0.15, 0.2) is 39.4 Å². The fourth-order valence-electron chi connectivity index (χ4n) is 1.55. The number of hydrogen-bond acceptors (Lipinski definition) is 2. The first kappa shape index (κ1) is 13.0. The van der Waals surface area contributed by atoms with Crippen molar-refractivity contribution < 1.29 is 9.52 Å². The van der Waals surface area contributed by atoms with Crippen LogP contribution in [0.4, 0.5) is 0 Å². The van der Waals surface area contributed by atoms with Gasteiger partial charge >= 0.3 is 0 Å². The van der Waals surface area contributed by atoms with Gasteiger partial charge in [0.1, 0.15) is 11.9 Å². The van der Waals surface area contributed by atoms with Gasteiger partial charge in [-0.3, -0.25) is 0 Å². The molecule has 90 valence electrons. The summed E-state index contributed by atoms with van der Waals surface area (Å²) >= 11 is 15.3. The highest BCUT2D eigenvalue weighted by Gasteiger charge is 2.17. The van der Waals surface area contributed by atoms with E-state index < -0.39 is 6.10 Å². The molecule has 1 atom stereocenters. The predicted molar refractivity (Wildman–Crippen MR) is 71.5 cm³/mol. The van der Waals surface area contributed by atoms with Crippen LogP contribution in [0.3, 0.4) is 0 Å². The molecule has 1 N–H and O–H groups in total. The maximum absolute atomic E-state index is 10.0. The third-order valence-electron chi connectivity index (χ3n) is 2.39. The zero-order valence-corrected chi connectivity index (χ0v) is 11.8. The SMILES string of the molecule is OC(Cc1cccc(Cl)c1Cl)c1occc1Br. The van der Waals surface area contributed by atoms with Gasteiger partial charge in [0.05, 0.1) is 20.8 Å². The Balaban J connectivity index is 2.22. The van der Waals surface area contributed by atoms with Crippen molar-refractivity contribution >= 4 is 39.1 Å². The molecule has 2 rings (SSSR count). The first-order valence-corrected chi connectivity index (χ1v) is 6.48. The van der Waals surface area contributed by atoms with E-state index in [-0.39, 0.29) is 0 Å². The highest BCUT2D eigenvalue weighted by atomic mass is 79.9. The highest BCUT2D eigenvalue weighted by Crippen LogP contribution is 2.31. The van der Waals surface area contributed by atoms with Crippen LogP contribution in [-0.4, -0.2) is 5.11 Å². The molecule has 0 saturated heterocycles. The molecule has 1 aromatic carbocycles. The second-order valence-electron chi connectivity index (χ2n) is 3.57. The van der Waals surface area contributed by atoms with E-state index >= 15 is 0 Å². The van der Waals surface area contributed by atoms with Crippen LogP contribution >= 0.6 is 39.1 Å². The minimum absolute atomic E-state index is 0.353. The molecule has 0 fully saturated rings. The summed E-state index contributed by atoms with van der Waals surface area (Å²) in [6.07, 6.45) is 1.11. The maximum atomic E-state index is 10.0. The van der Waals surface area contributed by atoms with Crippen molar-refractivity contribution in [3.05, 3.63) is 56.4 Å². The second-order valence-corrected chi connectivity index (χ2v) is 5.21. The number of halogens is 3. The van der Waals surface area contributed by atoms with Gasteiger partial charge in [-0.1, -0.05) is 35.3 Å². The van der Waals surface area contributed by atoms with Crippen LogP contribution in [0.2, 0.25) is 10.0 Å². The van der Waals surface area contributed by atoms with Crippen LogP contribution in [-0.2, 0) is 6.42 Å². The van der Waals surface area contributed by atoms with Crippen LogP contribution in [0.25, 0.3) is 0 Å². The van der Waals surface area contributed by atoms with E-state index in [9.17, 15) is 5.11 Å². The topological polar surface area (TPSA) is 33.4 Å². The zero-order valence-electron chi connectivity index (χ0n) is 8.66. The van der Waals surface area contributed by atoms with Crippen LogP contribution in [0.5, 0.6) is 0 Å².